The lowest BCUT2D eigenvalue weighted by Crippen LogP contribution is -2.37. The lowest BCUT2D eigenvalue weighted by Gasteiger charge is -2.28. The zero-order valence-corrected chi connectivity index (χ0v) is 8.67. The molecule has 2 unspecified atom stereocenters. The van der Waals surface area contributed by atoms with Gasteiger partial charge in [-0.1, -0.05) is 19.8 Å². The first-order valence-corrected chi connectivity index (χ1v) is 5.76. The molecule has 2 aliphatic heterocycles. The molecular formula is C11H21NO. The predicted molar refractivity (Wildman–Crippen MR) is 53.9 cm³/mol. The summed E-state index contributed by atoms with van der Waals surface area (Å²) < 4.78 is 5.30. The Balaban J connectivity index is 1.85. The third-order valence-corrected chi connectivity index (χ3v) is 3.31. The minimum absolute atomic E-state index is 0.576. The third kappa shape index (κ3) is 2.68. The molecule has 2 aliphatic rings. The average Bonchev–Trinajstić information content (AvgIpc) is 2.93. The van der Waals surface area contributed by atoms with Crippen LogP contribution in [0.3, 0.4) is 0 Å². The summed E-state index contributed by atoms with van der Waals surface area (Å²) in [6, 6.07) is 0.840. The number of nitrogens with zero attached hydrogens (tertiary/aromatic N) is 1. The maximum absolute atomic E-state index is 5.30. The van der Waals surface area contributed by atoms with Gasteiger partial charge in [0.25, 0.3) is 0 Å². The second kappa shape index (κ2) is 4.43. The molecule has 2 saturated heterocycles. The van der Waals surface area contributed by atoms with Crippen LogP contribution in [-0.4, -0.2) is 36.7 Å². The molecule has 0 saturated carbocycles. The van der Waals surface area contributed by atoms with Gasteiger partial charge in [0.15, 0.2) is 0 Å². The van der Waals surface area contributed by atoms with E-state index in [4.69, 9.17) is 4.74 Å². The van der Waals surface area contributed by atoms with Crippen molar-refractivity contribution in [1.29, 1.82) is 0 Å². The van der Waals surface area contributed by atoms with E-state index >= 15 is 0 Å². The summed E-state index contributed by atoms with van der Waals surface area (Å²) in [6.07, 6.45) is 7.55. The molecular weight excluding hydrogens is 162 g/mol. The summed E-state index contributed by atoms with van der Waals surface area (Å²) >= 11 is 0. The van der Waals surface area contributed by atoms with Crippen LogP contribution in [0, 0.1) is 0 Å². The molecule has 76 valence electrons. The minimum atomic E-state index is 0.576. The first kappa shape index (κ1) is 9.47. The Morgan fingerprint density at radius 3 is 2.85 bits per heavy atom. The van der Waals surface area contributed by atoms with E-state index in [9.17, 15) is 0 Å². The van der Waals surface area contributed by atoms with E-state index in [0.29, 0.717) is 6.10 Å². The van der Waals surface area contributed by atoms with Gasteiger partial charge in [-0.2, -0.15) is 0 Å². The molecule has 0 amide bonds. The minimum Gasteiger partial charge on any atom is -0.372 e. The fourth-order valence-electron chi connectivity index (χ4n) is 2.37. The Hall–Kier alpha value is -0.0800. The van der Waals surface area contributed by atoms with Crippen LogP contribution >= 0.6 is 0 Å². The fourth-order valence-corrected chi connectivity index (χ4v) is 2.37. The Morgan fingerprint density at radius 2 is 2.15 bits per heavy atom. The van der Waals surface area contributed by atoms with E-state index in [1.807, 2.05) is 0 Å². The topological polar surface area (TPSA) is 15.8 Å². The van der Waals surface area contributed by atoms with Crippen molar-refractivity contribution < 1.29 is 4.74 Å². The van der Waals surface area contributed by atoms with Gasteiger partial charge in [-0.3, -0.25) is 4.90 Å². The Bertz CT molecular complexity index is 156. The summed E-state index contributed by atoms with van der Waals surface area (Å²) in [5.74, 6) is 0. The SMILES string of the molecule is CCC1CCCCCN1CC1CO1. The Morgan fingerprint density at radius 1 is 1.31 bits per heavy atom. The van der Waals surface area contributed by atoms with Crippen molar-refractivity contribution >= 4 is 0 Å². The largest absolute Gasteiger partial charge is 0.372 e. The van der Waals surface area contributed by atoms with Gasteiger partial charge in [0.1, 0.15) is 0 Å². The van der Waals surface area contributed by atoms with Crippen LogP contribution in [0.2, 0.25) is 0 Å². The molecule has 2 nitrogen and oxygen atoms in total. The zero-order chi connectivity index (χ0) is 9.10. The van der Waals surface area contributed by atoms with E-state index < -0.39 is 0 Å². The second-order valence-electron chi connectivity index (χ2n) is 4.36. The van der Waals surface area contributed by atoms with Crippen LogP contribution in [0.4, 0.5) is 0 Å². The van der Waals surface area contributed by atoms with Gasteiger partial charge in [-0.15, -0.1) is 0 Å². The highest BCUT2D eigenvalue weighted by Crippen LogP contribution is 2.21. The molecule has 0 radical (unpaired) electrons. The monoisotopic (exact) mass is 183 g/mol. The molecule has 0 aromatic heterocycles. The highest BCUT2D eigenvalue weighted by molar-refractivity contribution is 4.80. The molecule has 2 fully saturated rings. The maximum Gasteiger partial charge on any atom is 0.0936 e. The summed E-state index contributed by atoms with van der Waals surface area (Å²) in [6.45, 7) is 5.82. The lowest BCUT2D eigenvalue weighted by atomic mass is 10.1. The van der Waals surface area contributed by atoms with E-state index in [2.05, 4.69) is 11.8 Å². The van der Waals surface area contributed by atoms with Crippen LogP contribution in [-0.2, 0) is 4.74 Å². The van der Waals surface area contributed by atoms with Gasteiger partial charge in [0.2, 0.25) is 0 Å². The highest BCUT2D eigenvalue weighted by Gasteiger charge is 2.28. The number of epoxide rings is 1. The summed E-state index contributed by atoms with van der Waals surface area (Å²) in [7, 11) is 0. The number of ether oxygens (including phenoxy) is 1. The highest BCUT2D eigenvalue weighted by atomic mass is 16.6. The first-order chi connectivity index (χ1) is 6.40. The Labute approximate surface area is 81.3 Å². The van der Waals surface area contributed by atoms with E-state index in [-0.39, 0.29) is 0 Å². The van der Waals surface area contributed by atoms with Crippen LogP contribution in [0.15, 0.2) is 0 Å². The smallest absolute Gasteiger partial charge is 0.0936 e. The van der Waals surface area contributed by atoms with E-state index in [1.54, 1.807) is 0 Å². The summed E-state index contributed by atoms with van der Waals surface area (Å²) in [5.41, 5.74) is 0. The van der Waals surface area contributed by atoms with Crippen LogP contribution < -0.4 is 0 Å². The van der Waals surface area contributed by atoms with Crippen molar-refractivity contribution in [2.24, 2.45) is 0 Å². The molecule has 2 rings (SSSR count). The molecule has 0 bridgehead atoms. The molecule has 0 spiro atoms. The lowest BCUT2D eigenvalue weighted by molar-refractivity contribution is 0.177. The summed E-state index contributed by atoms with van der Waals surface area (Å²) in [4.78, 5) is 2.66. The third-order valence-electron chi connectivity index (χ3n) is 3.31. The molecule has 13 heavy (non-hydrogen) atoms. The molecule has 2 heterocycles. The van der Waals surface area contributed by atoms with Crippen molar-refractivity contribution in [2.45, 2.75) is 51.2 Å². The molecule has 0 aromatic carbocycles. The number of hydrogen-bond acceptors (Lipinski definition) is 2. The zero-order valence-electron chi connectivity index (χ0n) is 8.67. The van der Waals surface area contributed by atoms with Crippen molar-refractivity contribution in [1.82, 2.24) is 4.90 Å². The number of rotatable bonds is 3. The molecule has 0 N–H and O–H groups in total. The number of hydrogen-bond donors (Lipinski definition) is 0. The van der Waals surface area contributed by atoms with Crippen molar-refractivity contribution in [3.63, 3.8) is 0 Å². The molecule has 2 atom stereocenters. The van der Waals surface area contributed by atoms with E-state index in [0.717, 1.165) is 12.6 Å². The molecule has 0 aliphatic carbocycles. The van der Waals surface area contributed by atoms with Crippen LogP contribution in [0.25, 0.3) is 0 Å². The maximum atomic E-state index is 5.30. The predicted octanol–water partition coefficient (Wildman–Crippen LogP) is 2.04. The van der Waals surface area contributed by atoms with Gasteiger partial charge in [0.05, 0.1) is 12.7 Å². The quantitative estimate of drug-likeness (QED) is 0.622. The van der Waals surface area contributed by atoms with Gasteiger partial charge < -0.3 is 4.74 Å². The van der Waals surface area contributed by atoms with Crippen molar-refractivity contribution in [3.8, 4) is 0 Å². The van der Waals surface area contributed by atoms with Crippen LogP contribution in [0.1, 0.15) is 39.0 Å². The van der Waals surface area contributed by atoms with Crippen molar-refractivity contribution in [3.05, 3.63) is 0 Å². The van der Waals surface area contributed by atoms with Gasteiger partial charge in [-0.25, -0.2) is 0 Å². The summed E-state index contributed by atoms with van der Waals surface area (Å²) in [5, 5.41) is 0. The second-order valence-corrected chi connectivity index (χ2v) is 4.36. The Kier molecular flexibility index (Phi) is 3.23. The van der Waals surface area contributed by atoms with Gasteiger partial charge in [-0.05, 0) is 25.8 Å². The van der Waals surface area contributed by atoms with Gasteiger partial charge >= 0.3 is 0 Å². The van der Waals surface area contributed by atoms with Crippen LogP contribution in [0.5, 0.6) is 0 Å². The first-order valence-electron chi connectivity index (χ1n) is 5.76. The molecule has 2 heteroatoms. The fraction of sp³-hybridized carbons (Fsp3) is 1.00. The standard InChI is InChI=1S/C11H21NO/c1-2-10-6-4-3-5-7-12(10)8-11-9-13-11/h10-11H,2-9H2,1H3. The average molecular weight is 183 g/mol. The normalized spacial score (nSPS) is 35.8. The molecule has 0 aromatic rings. The van der Waals surface area contributed by atoms with Gasteiger partial charge in [0, 0.05) is 12.6 Å². The van der Waals surface area contributed by atoms with Crippen molar-refractivity contribution in [2.75, 3.05) is 19.7 Å². The number of likely N-dealkylation sites (tertiary alicyclic amines) is 1. The van der Waals surface area contributed by atoms with E-state index in [1.165, 1.54) is 45.2 Å².